The lowest BCUT2D eigenvalue weighted by molar-refractivity contribution is -0.189. The number of ether oxygens (including phenoxy) is 1. The molecule has 2 aromatic rings. The highest BCUT2D eigenvalue weighted by atomic mass is 32.2. The minimum absolute atomic E-state index is 0.152. The monoisotopic (exact) mass is 528 g/mol. The Morgan fingerprint density at radius 3 is 2.18 bits per heavy atom. The maximum atomic E-state index is 13.6. The quantitative estimate of drug-likeness (QED) is 0.450. The van der Waals surface area contributed by atoms with Crippen molar-refractivity contribution in [2.75, 3.05) is 30.8 Å². The average molecular weight is 528 g/mol. The zero-order valence-electron chi connectivity index (χ0n) is 16.7. The summed E-state index contributed by atoms with van der Waals surface area (Å²) in [6.07, 6.45) is -14.5. The maximum absolute atomic E-state index is 13.6. The zero-order chi connectivity index (χ0) is 25.9. The highest BCUT2D eigenvalue weighted by molar-refractivity contribution is 7.88. The van der Waals surface area contributed by atoms with E-state index in [0.29, 0.717) is 29.1 Å². The fourth-order valence-electron chi connectivity index (χ4n) is 3.32. The number of carbonyl (C=O) groups is 1. The summed E-state index contributed by atoms with van der Waals surface area (Å²) in [7, 11) is -4.34. The number of hydrogen-bond acceptors (Lipinski definition) is 6. The number of nitrogens with zero attached hydrogens (tertiary/aromatic N) is 4. The van der Waals surface area contributed by atoms with Gasteiger partial charge in [-0.1, -0.05) is 0 Å². The number of alkyl halides is 9. The number of rotatable bonds is 3. The molecule has 3 rings (SSSR count). The summed E-state index contributed by atoms with van der Waals surface area (Å²) in [5.74, 6) is -4.52. The van der Waals surface area contributed by atoms with Crippen molar-refractivity contribution in [2.24, 2.45) is 0 Å². The lowest BCUT2D eigenvalue weighted by Gasteiger charge is -2.41. The Balaban J connectivity index is 2.12. The van der Waals surface area contributed by atoms with Gasteiger partial charge < -0.3 is 9.64 Å². The second kappa shape index (κ2) is 8.17. The number of carbonyl (C=O) groups excluding carboxylic acids is 1. The highest BCUT2D eigenvalue weighted by Crippen LogP contribution is 2.38. The minimum Gasteiger partial charge on any atom is -0.398 e. The lowest BCUT2D eigenvalue weighted by Crippen LogP contribution is -2.60. The highest BCUT2D eigenvalue weighted by Gasteiger charge is 2.50. The molecule has 34 heavy (non-hydrogen) atoms. The number of piperazine rings is 1. The van der Waals surface area contributed by atoms with Gasteiger partial charge in [0, 0.05) is 19.6 Å². The SMILES string of the molecule is CS(=O)(=O)N1CCN(c2cc(C(F)(F)F)cc3c(OC(=O)C(F)(F)F)ncn23)CC1C(F)(F)F. The van der Waals surface area contributed by atoms with Gasteiger partial charge in [-0.3, -0.25) is 4.40 Å². The van der Waals surface area contributed by atoms with Crippen molar-refractivity contribution in [3.05, 3.63) is 24.0 Å². The Labute approximate surface area is 184 Å². The van der Waals surface area contributed by atoms with Crippen LogP contribution < -0.4 is 9.64 Å². The second-order valence-electron chi connectivity index (χ2n) is 7.17. The van der Waals surface area contributed by atoms with E-state index < -0.39 is 83.0 Å². The first-order chi connectivity index (χ1) is 15.3. The molecule has 0 radical (unpaired) electrons. The molecule has 8 nitrogen and oxygen atoms in total. The number of aromatic nitrogens is 2. The van der Waals surface area contributed by atoms with E-state index in [9.17, 15) is 52.7 Å². The topological polar surface area (TPSA) is 84.2 Å². The van der Waals surface area contributed by atoms with Gasteiger partial charge in [-0.05, 0) is 12.1 Å². The van der Waals surface area contributed by atoms with Crippen LogP contribution in [0.2, 0.25) is 0 Å². The Kier molecular flexibility index (Phi) is 6.22. The molecule has 190 valence electrons. The number of esters is 1. The standard InChI is InChI=1S/C16H13F9N4O4S/c1-34(31,32)29-3-2-27(6-10(29)15(20,21)22)11-5-8(14(17,18)19)4-9-12(26-7-28(9)11)33-13(30)16(23,24)25/h4-5,7,10H,2-3,6H2,1H3. The van der Waals surface area contributed by atoms with Crippen molar-refractivity contribution in [1.82, 2.24) is 13.7 Å². The molecule has 0 amide bonds. The van der Waals surface area contributed by atoms with Gasteiger partial charge in [0.05, 0.1) is 11.8 Å². The van der Waals surface area contributed by atoms with E-state index in [1.807, 2.05) is 0 Å². The number of anilines is 1. The number of fused-ring (bicyclic) bond motifs is 1. The summed E-state index contributed by atoms with van der Waals surface area (Å²) < 4.78 is 147. The fourth-order valence-corrected chi connectivity index (χ4v) is 4.38. The molecule has 1 unspecified atom stereocenters. The number of imidazole rings is 1. The normalized spacial score (nSPS) is 19.0. The number of hydrogen-bond donors (Lipinski definition) is 0. The summed E-state index contributed by atoms with van der Waals surface area (Å²) in [5, 5.41) is 0. The molecular weight excluding hydrogens is 515 g/mol. The predicted octanol–water partition coefficient (Wildman–Crippen LogP) is 2.83. The van der Waals surface area contributed by atoms with E-state index in [4.69, 9.17) is 0 Å². The Bertz CT molecular complexity index is 1200. The molecule has 1 atom stereocenters. The number of sulfonamides is 1. The van der Waals surface area contributed by atoms with Crippen LogP contribution in [0.1, 0.15) is 5.56 Å². The van der Waals surface area contributed by atoms with Crippen LogP contribution in [0, 0.1) is 0 Å². The molecule has 1 aliphatic heterocycles. The van der Waals surface area contributed by atoms with Crippen molar-refractivity contribution < 1.29 is 57.5 Å². The van der Waals surface area contributed by atoms with E-state index in [1.165, 1.54) is 0 Å². The lowest BCUT2D eigenvalue weighted by atomic mass is 10.1. The van der Waals surface area contributed by atoms with Crippen LogP contribution in [-0.4, -0.2) is 72.4 Å². The van der Waals surface area contributed by atoms with Crippen LogP contribution in [0.3, 0.4) is 0 Å². The number of pyridine rings is 1. The summed E-state index contributed by atoms with van der Waals surface area (Å²) in [6.45, 7) is -2.36. The molecule has 1 fully saturated rings. The molecule has 0 saturated carbocycles. The summed E-state index contributed by atoms with van der Waals surface area (Å²) in [5.41, 5.74) is -2.26. The average Bonchev–Trinajstić information content (AvgIpc) is 3.07. The van der Waals surface area contributed by atoms with E-state index >= 15 is 0 Å². The fraction of sp³-hybridized carbons (Fsp3) is 0.500. The van der Waals surface area contributed by atoms with Gasteiger partial charge in [-0.2, -0.15) is 43.8 Å². The van der Waals surface area contributed by atoms with Gasteiger partial charge in [0.25, 0.3) is 0 Å². The van der Waals surface area contributed by atoms with Gasteiger partial charge in [0.15, 0.2) is 0 Å². The maximum Gasteiger partial charge on any atom is 0.491 e. The van der Waals surface area contributed by atoms with Gasteiger partial charge in [-0.15, -0.1) is 0 Å². The Morgan fingerprint density at radius 2 is 1.68 bits per heavy atom. The third-order valence-electron chi connectivity index (χ3n) is 4.80. The van der Waals surface area contributed by atoms with Gasteiger partial charge in [-0.25, -0.2) is 18.2 Å². The number of halogens is 9. The van der Waals surface area contributed by atoms with Crippen molar-refractivity contribution in [3.8, 4) is 5.88 Å². The minimum atomic E-state index is -5.50. The molecule has 0 N–H and O–H groups in total. The van der Waals surface area contributed by atoms with E-state index in [2.05, 4.69) is 9.72 Å². The smallest absolute Gasteiger partial charge is 0.398 e. The summed E-state index contributed by atoms with van der Waals surface area (Å²) in [4.78, 5) is 15.2. The third kappa shape index (κ3) is 5.16. The van der Waals surface area contributed by atoms with E-state index in [1.54, 1.807) is 0 Å². The Hall–Kier alpha value is -2.76. The predicted molar refractivity (Wildman–Crippen MR) is 95.5 cm³/mol. The van der Waals surface area contributed by atoms with E-state index in [-0.39, 0.29) is 4.31 Å². The molecule has 1 saturated heterocycles. The molecular formula is C16H13F9N4O4S. The molecule has 3 heterocycles. The molecule has 18 heteroatoms. The van der Waals surface area contributed by atoms with Crippen molar-refractivity contribution >= 4 is 27.3 Å². The zero-order valence-corrected chi connectivity index (χ0v) is 17.5. The first kappa shape index (κ1) is 25.9. The van der Waals surface area contributed by atoms with Gasteiger partial charge in [0.2, 0.25) is 15.9 Å². The van der Waals surface area contributed by atoms with Crippen LogP contribution >= 0.6 is 0 Å². The molecule has 0 aromatic carbocycles. The first-order valence-electron chi connectivity index (χ1n) is 8.96. The largest absolute Gasteiger partial charge is 0.491 e. The molecule has 2 aromatic heterocycles. The van der Waals surface area contributed by atoms with Gasteiger partial charge in [0.1, 0.15) is 23.7 Å². The van der Waals surface area contributed by atoms with Crippen LogP contribution in [0.4, 0.5) is 45.3 Å². The van der Waals surface area contributed by atoms with Crippen LogP contribution in [0.5, 0.6) is 5.88 Å². The summed E-state index contributed by atoms with van der Waals surface area (Å²) in [6, 6.07) is -1.89. The van der Waals surface area contributed by atoms with Crippen LogP contribution in [-0.2, 0) is 21.0 Å². The summed E-state index contributed by atoms with van der Waals surface area (Å²) >= 11 is 0. The molecule has 0 aliphatic carbocycles. The molecule has 0 bridgehead atoms. The van der Waals surface area contributed by atoms with Crippen molar-refractivity contribution in [3.63, 3.8) is 0 Å². The van der Waals surface area contributed by atoms with Gasteiger partial charge >= 0.3 is 24.5 Å². The van der Waals surface area contributed by atoms with Crippen LogP contribution in [0.15, 0.2) is 18.5 Å². The van der Waals surface area contributed by atoms with E-state index in [0.717, 1.165) is 4.90 Å². The molecule has 1 aliphatic rings. The third-order valence-corrected chi connectivity index (χ3v) is 6.09. The molecule has 0 spiro atoms. The second-order valence-corrected chi connectivity index (χ2v) is 9.10. The Morgan fingerprint density at radius 1 is 1.06 bits per heavy atom. The van der Waals surface area contributed by atoms with Crippen molar-refractivity contribution in [2.45, 2.75) is 24.6 Å². The first-order valence-corrected chi connectivity index (χ1v) is 10.8. The van der Waals surface area contributed by atoms with Crippen molar-refractivity contribution in [1.29, 1.82) is 0 Å². The van der Waals surface area contributed by atoms with Crippen LogP contribution in [0.25, 0.3) is 5.52 Å².